The van der Waals surface area contributed by atoms with Gasteiger partial charge in [-0.3, -0.25) is 0 Å². The van der Waals surface area contributed by atoms with Crippen molar-refractivity contribution in [2.45, 2.75) is 122 Å². The van der Waals surface area contributed by atoms with Gasteiger partial charge in [-0.1, -0.05) is 84.0 Å². The third-order valence-electron chi connectivity index (χ3n) is 4.28. The fraction of sp³-hybridized carbons (Fsp3) is 1.00. The molecule has 2 nitrogen and oxygen atoms in total. The minimum atomic E-state index is -0.118. The van der Waals surface area contributed by atoms with Gasteiger partial charge in [0.05, 0.1) is 12.2 Å². The lowest BCUT2D eigenvalue weighted by Gasteiger charge is -2.08. The first-order chi connectivity index (χ1) is 10.2. The second kappa shape index (κ2) is 16.3. The average molecular weight is 301 g/mol. The molecule has 21 heavy (non-hydrogen) atoms. The van der Waals surface area contributed by atoms with Crippen molar-refractivity contribution >= 4 is 0 Å². The number of hydrogen-bond donors (Lipinski definition) is 2. The van der Waals surface area contributed by atoms with E-state index in [9.17, 15) is 5.11 Å². The molecule has 0 aromatic rings. The number of aliphatic hydroxyl groups excluding tert-OH is 2. The average Bonchev–Trinajstić information content (AvgIpc) is 2.44. The molecule has 2 atom stereocenters. The van der Waals surface area contributed by atoms with Gasteiger partial charge < -0.3 is 10.2 Å². The van der Waals surface area contributed by atoms with E-state index in [-0.39, 0.29) is 12.2 Å². The van der Waals surface area contributed by atoms with Gasteiger partial charge in [-0.25, -0.2) is 0 Å². The van der Waals surface area contributed by atoms with Gasteiger partial charge in [-0.2, -0.15) is 0 Å². The maximum absolute atomic E-state index is 9.63. The Morgan fingerprint density at radius 1 is 0.571 bits per heavy atom. The Hall–Kier alpha value is -0.0800. The van der Waals surface area contributed by atoms with Crippen molar-refractivity contribution < 1.29 is 10.2 Å². The number of aliphatic hydroxyl groups is 2. The van der Waals surface area contributed by atoms with Crippen molar-refractivity contribution in [1.82, 2.24) is 0 Å². The van der Waals surface area contributed by atoms with Crippen LogP contribution in [-0.2, 0) is 0 Å². The van der Waals surface area contributed by atoms with Gasteiger partial charge in [-0.15, -0.1) is 0 Å². The Balaban J connectivity index is 3.02. The Bertz CT molecular complexity index is 192. The predicted molar refractivity (Wildman–Crippen MR) is 92.6 cm³/mol. The molecule has 0 bridgehead atoms. The molecular weight excluding hydrogens is 260 g/mol. The first-order valence-electron chi connectivity index (χ1n) is 9.53. The Morgan fingerprint density at radius 2 is 0.952 bits per heavy atom. The third kappa shape index (κ3) is 17.9. The standard InChI is InChI=1S/C19H40O2/c1-3-15-19(21)17-14-12-10-8-6-4-5-7-9-11-13-16-18(2)20/h18-21H,3-17H2,1-2H3. The molecule has 0 fully saturated rings. The van der Waals surface area contributed by atoms with Gasteiger partial charge in [0.15, 0.2) is 0 Å². The van der Waals surface area contributed by atoms with Crippen LogP contribution in [0.5, 0.6) is 0 Å². The van der Waals surface area contributed by atoms with E-state index in [1.807, 2.05) is 6.92 Å². The molecule has 0 aromatic carbocycles. The highest BCUT2D eigenvalue weighted by Gasteiger charge is 2.01. The maximum Gasteiger partial charge on any atom is 0.0540 e. The molecular formula is C19H40O2. The highest BCUT2D eigenvalue weighted by molar-refractivity contribution is 4.55. The lowest BCUT2D eigenvalue weighted by Crippen LogP contribution is -2.04. The number of hydrogen-bond acceptors (Lipinski definition) is 2. The molecule has 0 aliphatic rings. The lowest BCUT2D eigenvalue weighted by atomic mass is 10.0. The summed E-state index contributed by atoms with van der Waals surface area (Å²) in [4.78, 5) is 0. The van der Waals surface area contributed by atoms with E-state index in [0.29, 0.717) is 0 Å². The topological polar surface area (TPSA) is 40.5 Å². The molecule has 0 amide bonds. The summed E-state index contributed by atoms with van der Waals surface area (Å²) in [7, 11) is 0. The molecule has 0 radical (unpaired) electrons. The van der Waals surface area contributed by atoms with Crippen molar-refractivity contribution in [2.75, 3.05) is 0 Å². The van der Waals surface area contributed by atoms with E-state index in [1.165, 1.54) is 70.6 Å². The van der Waals surface area contributed by atoms with Crippen molar-refractivity contribution in [2.24, 2.45) is 0 Å². The van der Waals surface area contributed by atoms with Gasteiger partial charge in [0.1, 0.15) is 0 Å². The van der Waals surface area contributed by atoms with E-state index in [0.717, 1.165) is 25.7 Å². The molecule has 2 N–H and O–H groups in total. The minimum absolute atomic E-state index is 0.0520. The fourth-order valence-corrected chi connectivity index (χ4v) is 2.89. The molecule has 0 heterocycles. The van der Waals surface area contributed by atoms with Gasteiger partial charge in [-0.05, 0) is 26.2 Å². The van der Waals surface area contributed by atoms with Gasteiger partial charge in [0.25, 0.3) is 0 Å². The Morgan fingerprint density at radius 3 is 1.33 bits per heavy atom. The van der Waals surface area contributed by atoms with Crippen LogP contribution in [0.25, 0.3) is 0 Å². The van der Waals surface area contributed by atoms with Crippen LogP contribution in [0.2, 0.25) is 0 Å². The summed E-state index contributed by atoms with van der Waals surface area (Å²) in [6.07, 6.45) is 18.4. The second-order valence-corrected chi connectivity index (χ2v) is 6.76. The van der Waals surface area contributed by atoms with E-state index < -0.39 is 0 Å². The molecule has 0 aliphatic carbocycles. The van der Waals surface area contributed by atoms with Crippen molar-refractivity contribution in [3.05, 3.63) is 0 Å². The van der Waals surface area contributed by atoms with E-state index in [4.69, 9.17) is 5.11 Å². The first kappa shape index (κ1) is 20.9. The van der Waals surface area contributed by atoms with Crippen LogP contribution in [0.3, 0.4) is 0 Å². The molecule has 0 spiro atoms. The smallest absolute Gasteiger partial charge is 0.0540 e. The molecule has 0 saturated heterocycles. The minimum Gasteiger partial charge on any atom is -0.393 e. The van der Waals surface area contributed by atoms with Crippen molar-refractivity contribution in [3.63, 3.8) is 0 Å². The summed E-state index contributed by atoms with van der Waals surface area (Å²) >= 11 is 0. The summed E-state index contributed by atoms with van der Waals surface area (Å²) in [5.41, 5.74) is 0. The monoisotopic (exact) mass is 300 g/mol. The van der Waals surface area contributed by atoms with Crippen LogP contribution < -0.4 is 0 Å². The van der Waals surface area contributed by atoms with Gasteiger partial charge in [0, 0.05) is 0 Å². The normalized spacial score (nSPS) is 14.3. The van der Waals surface area contributed by atoms with Crippen LogP contribution in [0.4, 0.5) is 0 Å². The summed E-state index contributed by atoms with van der Waals surface area (Å²) < 4.78 is 0. The van der Waals surface area contributed by atoms with E-state index in [2.05, 4.69) is 6.92 Å². The second-order valence-electron chi connectivity index (χ2n) is 6.76. The van der Waals surface area contributed by atoms with E-state index in [1.54, 1.807) is 0 Å². The Labute approximate surface area is 133 Å². The maximum atomic E-state index is 9.63. The summed E-state index contributed by atoms with van der Waals surface area (Å²) in [6, 6.07) is 0. The van der Waals surface area contributed by atoms with Crippen LogP contribution in [0.1, 0.15) is 110 Å². The van der Waals surface area contributed by atoms with Crippen molar-refractivity contribution in [3.8, 4) is 0 Å². The first-order valence-corrected chi connectivity index (χ1v) is 9.53. The van der Waals surface area contributed by atoms with Gasteiger partial charge >= 0.3 is 0 Å². The van der Waals surface area contributed by atoms with Crippen LogP contribution in [0.15, 0.2) is 0 Å². The SMILES string of the molecule is CCCC(O)CCCCCCCCCCCCCC(C)O. The number of rotatable bonds is 16. The summed E-state index contributed by atoms with van der Waals surface area (Å²) in [5.74, 6) is 0. The molecule has 0 rings (SSSR count). The third-order valence-corrected chi connectivity index (χ3v) is 4.28. The predicted octanol–water partition coefficient (Wildman–Crippen LogP) is 5.60. The Kier molecular flexibility index (Phi) is 16.2. The van der Waals surface area contributed by atoms with Crippen LogP contribution in [0, 0.1) is 0 Å². The zero-order chi connectivity index (χ0) is 15.8. The zero-order valence-corrected chi connectivity index (χ0v) is 14.7. The molecule has 0 saturated carbocycles. The molecule has 0 aromatic heterocycles. The molecule has 2 unspecified atom stereocenters. The summed E-state index contributed by atoms with van der Waals surface area (Å²) in [5, 5.41) is 18.8. The van der Waals surface area contributed by atoms with Crippen molar-refractivity contribution in [1.29, 1.82) is 0 Å². The number of unbranched alkanes of at least 4 members (excludes halogenated alkanes) is 10. The molecule has 2 heteroatoms. The van der Waals surface area contributed by atoms with Crippen LogP contribution >= 0.6 is 0 Å². The lowest BCUT2D eigenvalue weighted by molar-refractivity contribution is 0.150. The highest BCUT2D eigenvalue weighted by atomic mass is 16.3. The molecule has 128 valence electrons. The highest BCUT2D eigenvalue weighted by Crippen LogP contribution is 2.14. The fourth-order valence-electron chi connectivity index (χ4n) is 2.89. The molecule has 0 aliphatic heterocycles. The zero-order valence-electron chi connectivity index (χ0n) is 14.7. The quantitative estimate of drug-likeness (QED) is 0.364. The largest absolute Gasteiger partial charge is 0.393 e. The van der Waals surface area contributed by atoms with Gasteiger partial charge in [0.2, 0.25) is 0 Å². The van der Waals surface area contributed by atoms with E-state index >= 15 is 0 Å². The summed E-state index contributed by atoms with van der Waals surface area (Å²) in [6.45, 7) is 4.01. The van der Waals surface area contributed by atoms with Crippen LogP contribution in [-0.4, -0.2) is 22.4 Å².